The molecule has 82 valence electrons. The molecule has 0 saturated heterocycles. The van der Waals surface area contributed by atoms with E-state index in [0.29, 0.717) is 0 Å². The Kier molecular flexibility index (Phi) is 4.10. The molecule has 1 heteroatoms. The normalized spacial score (nSPS) is 12.5. The van der Waals surface area contributed by atoms with Gasteiger partial charge in [0.05, 0.1) is 0 Å². The van der Waals surface area contributed by atoms with E-state index in [-0.39, 0.29) is 6.04 Å². The largest absolute Gasteiger partial charge is 0.324 e. The number of benzene rings is 1. The Morgan fingerprint density at radius 3 is 2.27 bits per heavy atom. The van der Waals surface area contributed by atoms with Crippen LogP contribution in [0.3, 0.4) is 0 Å². The van der Waals surface area contributed by atoms with Gasteiger partial charge in [0.15, 0.2) is 0 Å². The number of rotatable bonds is 4. The Labute approximate surface area is 93.0 Å². The molecule has 0 bridgehead atoms. The first-order chi connectivity index (χ1) is 7.02. The summed E-state index contributed by atoms with van der Waals surface area (Å²) in [6.45, 7) is 10.3. The van der Waals surface area contributed by atoms with E-state index in [0.717, 1.165) is 12.8 Å². The first kappa shape index (κ1) is 12.0. The number of aryl methyl sites for hydroxylation is 2. The van der Waals surface area contributed by atoms with Gasteiger partial charge < -0.3 is 5.73 Å². The van der Waals surface area contributed by atoms with Gasteiger partial charge in [0.25, 0.3) is 0 Å². The lowest BCUT2D eigenvalue weighted by molar-refractivity contribution is 0.700. The monoisotopic (exact) mass is 203 g/mol. The van der Waals surface area contributed by atoms with Crippen LogP contribution < -0.4 is 5.73 Å². The maximum Gasteiger partial charge on any atom is 0.0332 e. The molecule has 0 aliphatic heterocycles. The van der Waals surface area contributed by atoms with E-state index < -0.39 is 0 Å². The van der Waals surface area contributed by atoms with Crippen LogP contribution in [0.15, 0.2) is 30.4 Å². The minimum absolute atomic E-state index is 0.0936. The number of nitrogens with two attached hydrogens (primary N) is 1. The highest BCUT2D eigenvalue weighted by atomic mass is 14.6. The summed E-state index contributed by atoms with van der Waals surface area (Å²) in [4.78, 5) is 0. The van der Waals surface area contributed by atoms with Gasteiger partial charge in [-0.05, 0) is 32.3 Å². The summed E-state index contributed by atoms with van der Waals surface area (Å²) in [7, 11) is 0. The molecule has 0 fully saturated rings. The SMILES string of the molecule is C=C(CC)CC(N)c1cc(C)cc(C)c1. The Morgan fingerprint density at radius 2 is 1.80 bits per heavy atom. The predicted octanol–water partition coefficient (Wildman–Crippen LogP) is 3.66. The highest BCUT2D eigenvalue weighted by molar-refractivity contribution is 5.31. The van der Waals surface area contributed by atoms with Crippen molar-refractivity contribution in [3.8, 4) is 0 Å². The molecule has 0 saturated carbocycles. The molecule has 2 N–H and O–H groups in total. The van der Waals surface area contributed by atoms with Crippen molar-refractivity contribution >= 4 is 0 Å². The molecule has 0 aliphatic carbocycles. The summed E-state index contributed by atoms with van der Waals surface area (Å²) in [6.07, 6.45) is 1.90. The molecule has 1 aromatic carbocycles. The van der Waals surface area contributed by atoms with Crippen molar-refractivity contribution in [2.45, 2.75) is 39.7 Å². The topological polar surface area (TPSA) is 26.0 Å². The minimum atomic E-state index is 0.0936. The van der Waals surface area contributed by atoms with Crippen LogP contribution in [-0.2, 0) is 0 Å². The molecule has 0 aliphatic rings. The highest BCUT2D eigenvalue weighted by Gasteiger charge is 2.07. The van der Waals surface area contributed by atoms with Crippen molar-refractivity contribution in [2.24, 2.45) is 5.73 Å². The second kappa shape index (κ2) is 5.13. The van der Waals surface area contributed by atoms with E-state index >= 15 is 0 Å². The van der Waals surface area contributed by atoms with Crippen LogP contribution in [0.5, 0.6) is 0 Å². The highest BCUT2D eigenvalue weighted by Crippen LogP contribution is 2.21. The molecule has 1 atom stereocenters. The summed E-state index contributed by atoms with van der Waals surface area (Å²) in [5, 5.41) is 0. The van der Waals surface area contributed by atoms with Gasteiger partial charge in [-0.1, -0.05) is 48.4 Å². The Bertz CT molecular complexity index is 332. The number of hydrogen-bond donors (Lipinski definition) is 1. The molecule has 15 heavy (non-hydrogen) atoms. The Hall–Kier alpha value is -1.08. The molecule has 0 aromatic heterocycles. The van der Waals surface area contributed by atoms with E-state index in [1.807, 2.05) is 0 Å². The summed E-state index contributed by atoms with van der Waals surface area (Å²) < 4.78 is 0. The second-order valence-corrected chi connectivity index (χ2v) is 4.34. The third-order valence-corrected chi connectivity index (χ3v) is 2.68. The lowest BCUT2D eigenvalue weighted by atomic mass is 9.96. The average molecular weight is 203 g/mol. The van der Waals surface area contributed by atoms with Crippen LogP contribution in [0, 0.1) is 13.8 Å². The maximum atomic E-state index is 6.15. The van der Waals surface area contributed by atoms with Crippen LogP contribution >= 0.6 is 0 Å². The fourth-order valence-corrected chi connectivity index (χ4v) is 1.80. The average Bonchev–Trinajstić information content (AvgIpc) is 2.16. The van der Waals surface area contributed by atoms with E-state index in [9.17, 15) is 0 Å². The molecule has 1 aromatic rings. The van der Waals surface area contributed by atoms with Gasteiger partial charge in [0, 0.05) is 6.04 Å². The summed E-state index contributed by atoms with van der Waals surface area (Å²) in [6, 6.07) is 6.60. The molecule has 0 amide bonds. The van der Waals surface area contributed by atoms with E-state index in [4.69, 9.17) is 5.73 Å². The van der Waals surface area contributed by atoms with Crippen molar-refractivity contribution in [3.05, 3.63) is 47.0 Å². The predicted molar refractivity (Wildman–Crippen MR) is 66.9 cm³/mol. The van der Waals surface area contributed by atoms with Gasteiger partial charge >= 0.3 is 0 Å². The zero-order chi connectivity index (χ0) is 11.4. The lowest BCUT2D eigenvalue weighted by Gasteiger charge is -2.14. The standard InChI is InChI=1S/C14H21N/c1-5-10(2)9-14(15)13-7-11(3)6-12(4)8-13/h6-8,14H,2,5,9,15H2,1,3-4H3. The van der Waals surface area contributed by atoms with Crippen molar-refractivity contribution in [1.29, 1.82) is 0 Å². The number of hydrogen-bond acceptors (Lipinski definition) is 1. The molecule has 1 rings (SSSR count). The third-order valence-electron chi connectivity index (χ3n) is 2.68. The van der Waals surface area contributed by atoms with Gasteiger partial charge in [-0.2, -0.15) is 0 Å². The van der Waals surface area contributed by atoms with Crippen molar-refractivity contribution < 1.29 is 0 Å². The second-order valence-electron chi connectivity index (χ2n) is 4.34. The zero-order valence-corrected chi connectivity index (χ0v) is 10.0. The van der Waals surface area contributed by atoms with Gasteiger partial charge in [-0.25, -0.2) is 0 Å². The smallest absolute Gasteiger partial charge is 0.0332 e. The fourth-order valence-electron chi connectivity index (χ4n) is 1.80. The molecule has 0 spiro atoms. The minimum Gasteiger partial charge on any atom is -0.324 e. The van der Waals surface area contributed by atoms with Crippen LogP contribution in [-0.4, -0.2) is 0 Å². The molecular weight excluding hydrogens is 182 g/mol. The molecule has 0 radical (unpaired) electrons. The van der Waals surface area contributed by atoms with Crippen LogP contribution in [0.2, 0.25) is 0 Å². The Balaban J connectivity index is 2.81. The van der Waals surface area contributed by atoms with Crippen molar-refractivity contribution in [3.63, 3.8) is 0 Å². The zero-order valence-electron chi connectivity index (χ0n) is 10.0. The third kappa shape index (κ3) is 3.52. The van der Waals surface area contributed by atoms with E-state index in [1.165, 1.54) is 22.3 Å². The summed E-state index contributed by atoms with van der Waals surface area (Å²) >= 11 is 0. The van der Waals surface area contributed by atoms with Crippen LogP contribution in [0.1, 0.15) is 42.5 Å². The lowest BCUT2D eigenvalue weighted by Crippen LogP contribution is -2.11. The van der Waals surface area contributed by atoms with E-state index in [1.54, 1.807) is 0 Å². The summed E-state index contributed by atoms with van der Waals surface area (Å²) in [5.41, 5.74) is 11.2. The Morgan fingerprint density at radius 1 is 1.27 bits per heavy atom. The van der Waals surface area contributed by atoms with E-state index in [2.05, 4.69) is 45.5 Å². The van der Waals surface area contributed by atoms with Crippen LogP contribution in [0.4, 0.5) is 0 Å². The molecule has 1 nitrogen and oxygen atoms in total. The fraction of sp³-hybridized carbons (Fsp3) is 0.429. The quantitative estimate of drug-likeness (QED) is 0.742. The van der Waals surface area contributed by atoms with Crippen LogP contribution in [0.25, 0.3) is 0 Å². The van der Waals surface area contributed by atoms with Gasteiger partial charge in [-0.3, -0.25) is 0 Å². The van der Waals surface area contributed by atoms with Gasteiger partial charge in [-0.15, -0.1) is 0 Å². The molecule has 0 heterocycles. The molecular formula is C14H21N. The van der Waals surface area contributed by atoms with Crippen molar-refractivity contribution in [2.75, 3.05) is 0 Å². The summed E-state index contributed by atoms with van der Waals surface area (Å²) in [5.74, 6) is 0. The van der Waals surface area contributed by atoms with Crippen molar-refractivity contribution in [1.82, 2.24) is 0 Å². The first-order valence-corrected chi connectivity index (χ1v) is 5.53. The first-order valence-electron chi connectivity index (χ1n) is 5.53. The van der Waals surface area contributed by atoms with Gasteiger partial charge in [0.2, 0.25) is 0 Å². The molecule has 1 unspecified atom stereocenters. The van der Waals surface area contributed by atoms with Gasteiger partial charge in [0.1, 0.15) is 0 Å². The maximum absolute atomic E-state index is 6.15.